The van der Waals surface area contributed by atoms with E-state index < -0.39 is 79.9 Å². The molecule has 5 rings (SSSR count). The molecule has 4 saturated heterocycles. The number of fused-ring (bicyclic) bond motifs is 2. The highest BCUT2D eigenvalue weighted by Crippen LogP contribution is 2.42. The standard InChI is InChI=1S/C24H30N6O10/c1-24(2)39-18-13(9-27-29-25)35-23(20(18)40-24)38-22-16(28-30-26)19(33-11-15(31)32-3)17-14(36-22)10-34-21(37-17)12-7-5-4-6-8-12/h4-8,13-14,16-23H,9-11H2,1-3H3/t13-,14?,16?,17+,18?,19-,20-,21?,22?,23?/m1/s1. The number of nitrogens with zero attached hydrogens (tertiary/aromatic N) is 6. The van der Waals surface area contributed by atoms with Crippen LogP contribution < -0.4 is 0 Å². The molecule has 4 aliphatic rings. The molecule has 0 bridgehead atoms. The van der Waals surface area contributed by atoms with Gasteiger partial charge in [0.2, 0.25) is 0 Å². The summed E-state index contributed by atoms with van der Waals surface area (Å²) in [5.74, 6) is -1.57. The Labute approximate surface area is 228 Å². The largest absolute Gasteiger partial charge is 0.467 e. The molecule has 6 unspecified atom stereocenters. The quantitative estimate of drug-likeness (QED) is 0.187. The molecule has 0 spiro atoms. The van der Waals surface area contributed by atoms with Gasteiger partial charge in [0.15, 0.2) is 24.7 Å². The van der Waals surface area contributed by atoms with Gasteiger partial charge in [0.05, 0.1) is 26.4 Å². The van der Waals surface area contributed by atoms with Gasteiger partial charge in [0.25, 0.3) is 0 Å². The van der Waals surface area contributed by atoms with Gasteiger partial charge in [-0.3, -0.25) is 0 Å². The van der Waals surface area contributed by atoms with Crippen molar-refractivity contribution in [2.45, 2.75) is 81.2 Å². The van der Waals surface area contributed by atoms with Crippen molar-refractivity contribution in [2.24, 2.45) is 10.2 Å². The summed E-state index contributed by atoms with van der Waals surface area (Å²) in [5, 5.41) is 7.51. The van der Waals surface area contributed by atoms with Crippen molar-refractivity contribution in [3.05, 3.63) is 56.8 Å². The van der Waals surface area contributed by atoms with Gasteiger partial charge in [0, 0.05) is 15.4 Å². The van der Waals surface area contributed by atoms with Crippen molar-refractivity contribution >= 4 is 5.97 Å². The molecular weight excluding hydrogens is 532 g/mol. The van der Waals surface area contributed by atoms with Gasteiger partial charge in [-0.2, -0.15) is 0 Å². The third-order valence-corrected chi connectivity index (χ3v) is 6.89. The Morgan fingerprint density at radius 3 is 2.55 bits per heavy atom. The number of esters is 1. The zero-order chi connectivity index (χ0) is 28.3. The van der Waals surface area contributed by atoms with Crippen molar-refractivity contribution in [3.8, 4) is 0 Å². The van der Waals surface area contributed by atoms with E-state index in [9.17, 15) is 10.3 Å². The van der Waals surface area contributed by atoms with Crippen LogP contribution in [0.15, 0.2) is 40.6 Å². The summed E-state index contributed by atoms with van der Waals surface area (Å²) in [5.41, 5.74) is 19.0. The second-order valence-electron chi connectivity index (χ2n) is 9.92. The SMILES string of the molecule is COC(=O)CO[C@@H]1C(N=[N+]=[N-])C(OC2O[C@H](CN=[N+]=[N-])C3OC(C)(C)O[C@@H]23)OC2COC(c3ccccc3)O[C@@H]21. The molecular formula is C24H30N6O10. The molecule has 0 amide bonds. The van der Waals surface area contributed by atoms with Gasteiger partial charge < -0.3 is 42.6 Å². The van der Waals surface area contributed by atoms with E-state index in [-0.39, 0.29) is 13.2 Å². The van der Waals surface area contributed by atoms with Crippen LogP contribution in [0.1, 0.15) is 25.7 Å². The zero-order valence-electron chi connectivity index (χ0n) is 22.0. The lowest BCUT2D eigenvalue weighted by Crippen LogP contribution is -2.63. The first-order valence-corrected chi connectivity index (χ1v) is 12.7. The molecule has 4 aliphatic heterocycles. The van der Waals surface area contributed by atoms with Crippen molar-refractivity contribution in [1.82, 2.24) is 0 Å². The van der Waals surface area contributed by atoms with Crippen molar-refractivity contribution in [1.29, 1.82) is 0 Å². The lowest BCUT2D eigenvalue weighted by molar-refractivity contribution is -0.367. The normalized spacial score (nSPS) is 37.9. The average molecular weight is 563 g/mol. The third-order valence-electron chi connectivity index (χ3n) is 6.89. The molecule has 0 saturated carbocycles. The van der Waals surface area contributed by atoms with Gasteiger partial charge in [-0.15, -0.1) is 0 Å². The van der Waals surface area contributed by atoms with Crippen molar-refractivity contribution in [3.63, 3.8) is 0 Å². The average Bonchev–Trinajstić information content (AvgIpc) is 3.44. The molecule has 0 radical (unpaired) electrons. The molecule has 0 aromatic heterocycles. The highest BCUT2D eigenvalue weighted by molar-refractivity contribution is 5.70. The van der Waals surface area contributed by atoms with Gasteiger partial charge >= 0.3 is 5.97 Å². The lowest BCUT2D eigenvalue weighted by atomic mass is 9.96. The van der Waals surface area contributed by atoms with E-state index in [1.807, 2.05) is 30.3 Å². The Bertz CT molecular complexity index is 1150. The van der Waals surface area contributed by atoms with Gasteiger partial charge in [-0.1, -0.05) is 40.6 Å². The van der Waals surface area contributed by atoms with E-state index in [0.717, 1.165) is 5.56 Å². The highest BCUT2D eigenvalue weighted by atomic mass is 16.8. The molecule has 1 aromatic rings. The monoisotopic (exact) mass is 562 g/mol. The summed E-state index contributed by atoms with van der Waals surface area (Å²) in [7, 11) is 1.23. The second-order valence-corrected chi connectivity index (χ2v) is 9.92. The Balaban J connectivity index is 1.39. The Morgan fingerprint density at radius 1 is 1.05 bits per heavy atom. The number of benzene rings is 1. The van der Waals surface area contributed by atoms with Crippen LogP contribution in [-0.4, -0.2) is 93.9 Å². The fraction of sp³-hybridized carbons (Fsp3) is 0.708. The topological polar surface area (TPSA) is 198 Å². The van der Waals surface area contributed by atoms with Crippen LogP contribution in [0.3, 0.4) is 0 Å². The zero-order valence-corrected chi connectivity index (χ0v) is 22.0. The van der Waals surface area contributed by atoms with Crippen LogP contribution in [0.25, 0.3) is 20.9 Å². The van der Waals surface area contributed by atoms with E-state index >= 15 is 0 Å². The third kappa shape index (κ3) is 6.01. The number of carbonyl (C=O) groups is 1. The highest BCUT2D eigenvalue weighted by Gasteiger charge is 2.58. The Morgan fingerprint density at radius 2 is 1.82 bits per heavy atom. The van der Waals surface area contributed by atoms with E-state index in [0.29, 0.717) is 0 Å². The minimum Gasteiger partial charge on any atom is -0.467 e. The van der Waals surface area contributed by atoms with Gasteiger partial charge in [-0.25, -0.2) is 4.79 Å². The minimum absolute atomic E-state index is 0.0135. The molecule has 0 aliphatic carbocycles. The Hall–Kier alpha value is -3.01. The molecule has 4 heterocycles. The van der Waals surface area contributed by atoms with E-state index in [2.05, 4.69) is 20.1 Å². The number of methoxy groups -OCH3 is 1. The molecule has 10 atom stereocenters. The number of hydrogen-bond acceptors (Lipinski definition) is 12. The summed E-state index contributed by atoms with van der Waals surface area (Å²) >= 11 is 0. The first-order chi connectivity index (χ1) is 19.3. The molecule has 16 heteroatoms. The van der Waals surface area contributed by atoms with Crippen LogP contribution in [0, 0.1) is 0 Å². The van der Waals surface area contributed by atoms with Crippen LogP contribution in [0.4, 0.5) is 0 Å². The number of azide groups is 2. The summed E-state index contributed by atoms with van der Waals surface area (Å²) in [4.78, 5) is 17.7. The maximum Gasteiger partial charge on any atom is 0.331 e. The number of carbonyl (C=O) groups excluding carboxylic acids is 1. The molecule has 40 heavy (non-hydrogen) atoms. The maximum absolute atomic E-state index is 12.0. The first-order valence-electron chi connectivity index (χ1n) is 12.7. The summed E-state index contributed by atoms with van der Waals surface area (Å²) in [6, 6.07) is 8.16. The second kappa shape index (κ2) is 12.2. The maximum atomic E-state index is 12.0. The Kier molecular flexibility index (Phi) is 8.73. The summed E-state index contributed by atoms with van der Waals surface area (Å²) in [6.45, 7) is 3.14. The van der Waals surface area contributed by atoms with Crippen molar-refractivity contribution < 1.29 is 47.4 Å². The summed E-state index contributed by atoms with van der Waals surface area (Å²) in [6.07, 6.45) is -7.42. The van der Waals surface area contributed by atoms with Crippen LogP contribution in [-0.2, 0) is 47.4 Å². The molecule has 216 valence electrons. The molecule has 4 fully saturated rings. The smallest absolute Gasteiger partial charge is 0.331 e. The van der Waals surface area contributed by atoms with Gasteiger partial charge in [-0.05, 0) is 24.9 Å². The molecule has 16 nitrogen and oxygen atoms in total. The van der Waals surface area contributed by atoms with Crippen LogP contribution in [0.2, 0.25) is 0 Å². The molecule has 0 N–H and O–H groups in total. The van der Waals surface area contributed by atoms with Gasteiger partial charge in [0.1, 0.15) is 43.2 Å². The minimum atomic E-state index is -1.21. The predicted molar refractivity (Wildman–Crippen MR) is 131 cm³/mol. The lowest BCUT2D eigenvalue weighted by Gasteiger charge is -2.48. The number of hydrogen-bond donors (Lipinski definition) is 0. The van der Waals surface area contributed by atoms with Crippen LogP contribution >= 0.6 is 0 Å². The van der Waals surface area contributed by atoms with E-state index in [1.165, 1.54) is 7.11 Å². The number of ether oxygens (including phenoxy) is 9. The molecule has 1 aromatic carbocycles. The van der Waals surface area contributed by atoms with E-state index in [4.69, 9.17) is 48.2 Å². The fourth-order valence-corrected chi connectivity index (χ4v) is 5.20. The fourth-order valence-electron chi connectivity index (χ4n) is 5.20. The number of rotatable bonds is 9. The first kappa shape index (κ1) is 28.5. The van der Waals surface area contributed by atoms with Crippen molar-refractivity contribution in [2.75, 3.05) is 26.9 Å². The van der Waals surface area contributed by atoms with Crippen LogP contribution in [0.5, 0.6) is 0 Å². The predicted octanol–water partition coefficient (Wildman–Crippen LogP) is 2.63. The summed E-state index contributed by atoms with van der Waals surface area (Å²) < 4.78 is 53.1. The van der Waals surface area contributed by atoms with E-state index in [1.54, 1.807) is 13.8 Å².